The standard InChI is InChI=1S/C30H18O10/c31-16-7-5-13(9-19(16)34)23-11-20(35)27-25(40-23)12-21(36)28(30(27)38)26-15(6-8-17(32)29(26)37)24-10-18(33)14-3-1-2-4-22(14)39-24/h1-12,31-32,34,36-38H. The maximum atomic E-state index is 13.2. The molecule has 0 saturated carbocycles. The first-order valence-corrected chi connectivity index (χ1v) is 11.8. The third-order valence-corrected chi connectivity index (χ3v) is 6.54. The van der Waals surface area contributed by atoms with Gasteiger partial charge in [0.2, 0.25) is 0 Å². The molecule has 0 amide bonds. The van der Waals surface area contributed by atoms with Gasteiger partial charge in [-0.05, 0) is 42.5 Å². The summed E-state index contributed by atoms with van der Waals surface area (Å²) >= 11 is 0. The SMILES string of the molecule is O=c1cc(-c2ccc(O)c(O)c2-c2c(O)cc3oc(-c4ccc(O)c(O)c4)cc(=O)c3c2O)oc2ccccc12. The second kappa shape index (κ2) is 8.84. The largest absolute Gasteiger partial charge is 0.507 e. The Hall–Kier alpha value is -5.90. The maximum absolute atomic E-state index is 13.2. The van der Waals surface area contributed by atoms with Crippen molar-refractivity contribution < 1.29 is 39.5 Å². The smallest absolute Gasteiger partial charge is 0.197 e. The minimum atomic E-state index is -0.769. The zero-order valence-corrected chi connectivity index (χ0v) is 20.2. The molecule has 198 valence electrons. The third-order valence-electron chi connectivity index (χ3n) is 6.54. The first kappa shape index (κ1) is 24.4. The van der Waals surface area contributed by atoms with E-state index in [0.717, 1.165) is 18.2 Å². The van der Waals surface area contributed by atoms with Gasteiger partial charge in [-0.2, -0.15) is 0 Å². The fourth-order valence-corrected chi connectivity index (χ4v) is 4.63. The number of phenolic OH excluding ortho intramolecular Hbond substituents is 6. The van der Waals surface area contributed by atoms with Crippen molar-refractivity contribution in [1.82, 2.24) is 0 Å². The van der Waals surface area contributed by atoms with Crippen LogP contribution in [-0.4, -0.2) is 30.6 Å². The van der Waals surface area contributed by atoms with Crippen LogP contribution in [0, 0.1) is 0 Å². The van der Waals surface area contributed by atoms with Crippen LogP contribution in [0.3, 0.4) is 0 Å². The zero-order valence-electron chi connectivity index (χ0n) is 20.2. The third kappa shape index (κ3) is 3.74. The highest BCUT2D eigenvalue weighted by Crippen LogP contribution is 2.51. The summed E-state index contributed by atoms with van der Waals surface area (Å²) in [6.07, 6.45) is 0. The van der Waals surface area contributed by atoms with E-state index in [9.17, 15) is 40.2 Å². The van der Waals surface area contributed by atoms with Crippen LogP contribution in [0.25, 0.3) is 55.7 Å². The van der Waals surface area contributed by atoms with Gasteiger partial charge in [0, 0.05) is 34.9 Å². The molecule has 0 radical (unpaired) electrons. The molecule has 0 aliphatic heterocycles. The summed E-state index contributed by atoms with van der Waals surface area (Å²) in [7, 11) is 0. The van der Waals surface area contributed by atoms with Crippen LogP contribution >= 0.6 is 0 Å². The van der Waals surface area contributed by atoms with Crippen LogP contribution in [0.15, 0.2) is 91.2 Å². The van der Waals surface area contributed by atoms with E-state index < -0.39 is 45.2 Å². The minimum absolute atomic E-state index is 0.0295. The van der Waals surface area contributed by atoms with Crippen molar-refractivity contribution in [3.63, 3.8) is 0 Å². The molecular formula is C30H18O10. The molecule has 10 heteroatoms. The Kier molecular flexibility index (Phi) is 5.40. The number of benzene rings is 4. The lowest BCUT2D eigenvalue weighted by Gasteiger charge is -2.16. The van der Waals surface area contributed by atoms with Crippen molar-refractivity contribution in [3.8, 4) is 68.3 Å². The van der Waals surface area contributed by atoms with Gasteiger partial charge >= 0.3 is 0 Å². The zero-order chi connectivity index (χ0) is 28.3. The summed E-state index contributed by atoms with van der Waals surface area (Å²) in [6, 6.07) is 16.0. The highest BCUT2D eigenvalue weighted by atomic mass is 16.3. The van der Waals surface area contributed by atoms with E-state index in [1.165, 1.54) is 30.3 Å². The average Bonchev–Trinajstić information content (AvgIpc) is 2.92. The van der Waals surface area contributed by atoms with Crippen LogP contribution in [-0.2, 0) is 0 Å². The molecule has 6 rings (SSSR count). The van der Waals surface area contributed by atoms with Gasteiger partial charge in [0.15, 0.2) is 33.9 Å². The predicted molar refractivity (Wildman–Crippen MR) is 145 cm³/mol. The van der Waals surface area contributed by atoms with E-state index in [1.807, 2.05) is 0 Å². The molecule has 6 aromatic rings. The summed E-state index contributed by atoms with van der Waals surface area (Å²) in [5.74, 6) is -3.66. The second-order valence-electron chi connectivity index (χ2n) is 9.00. The Morgan fingerprint density at radius 1 is 0.525 bits per heavy atom. The lowest BCUT2D eigenvalue weighted by molar-refractivity contribution is 0.403. The quantitative estimate of drug-likeness (QED) is 0.165. The van der Waals surface area contributed by atoms with Gasteiger partial charge in [0.25, 0.3) is 0 Å². The topological polar surface area (TPSA) is 182 Å². The molecule has 2 aromatic heterocycles. The highest BCUT2D eigenvalue weighted by molar-refractivity contribution is 6.01. The van der Waals surface area contributed by atoms with E-state index in [1.54, 1.807) is 24.3 Å². The molecule has 10 nitrogen and oxygen atoms in total. The van der Waals surface area contributed by atoms with Gasteiger partial charge < -0.3 is 39.5 Å². The Bertz CT molecular complexity index is 2120. The van der Waals surface area contributed by atoms with Gasteiger partial charge in [-0.3, -0.25) is 9.59 Å². The van der Waals surface area contributed by atoms with Crippen molar-refractivity contribution in [1.29, 1.82) is 0 Å². The van der Waals surface area contributed by atoms with Crippen molar-refractivity contribution >= 4 is 21.9 Å². The second-order valence-corrected chi connectivity index (χ2v) is 9.00. The molecular weight excluding hydrogens is 520 g/mol. The van der Waals surface area contributed by atoms with Crippen molar-refractivity contribution in [2.24, 2.45) is 0 Å². The summed E-state index contributed by atoms with van der Waals surface area (Å²) in [5, 5.41) is 62.8. The molecule has 4 aromatic carbocycles. The van der Waals surface area contributed by atoms with Crippen LogP contribution in [0.4, 0.5) is 0 Å². The molecule has 0 unspecified atom stereocenters. The fraction of sp³-hybridized carbons (Fsp3) is 0. The summed E-state index contributed by atoms with van der Waals surface area (Å²) in [5.41, 5.74) is -1.58. The summed E-state index contributed by atoms with van der Waals surface area (Å²) < 4.78 is 11.6. The van der Waals surface area contributed by atoms with E-state index >= 15 is 0 Å². The number of hydrogen-bond donors (Lipinski definition) is 6. The average molecular weight is 538 g/mol. The van der Waals surface area contributed by atoms with Crippen molar-refractivity contribution in [2.45, 2.75) is 0 Å². The Balaban J connectivity index is 1.62. The highest BCUT2D eigenvalue weighted by Gasteiger charge is 2.27. The fourth-order valence-electron chi connectivity index (χ4n) is 4.63. The molecule has 0 aliphatic rings. The maximum Gasteiger partial charge on any atom is 0.197 e. The molecule has 0 atom stereocenters. The van der Waals surface area contributed by atoms with Gasteiger partial charge in [-0.25, -0.2) is 0 Å². The molecule has 2 heterocycles. The molecule has 0 spiro atoms. The van der Waals surface area contributed by atoms with E-state index in [2.05, 4.69) is 0 Å². The van der Waals surface area contributed by atoms with Gasteiger partial charge in [-0.15, -0.1) is 0 Å². The predicted octanol–water partition coefficient (Wildman–Crippen LogP) is 5.13. The van der Waals surface area contributed by atoms with Crippen molar-refractivity contribution in [3.05, 3.63) is 93.2 Å². The Morgan fingerprint density at radius 3 is 2.00 bits per heavy atom. The number of fused-ring (bicyclic) bond motifs is 2. The molecule has 0 aliphatic carbocycles. The number of phenols is 6. The minimum Gasteiger partial charge on any atom is -0.507 e. The van der Waals surface area contributed by atoms with Crippen LogP contribution in [0.5, 0.6) is 34.5 Å². The summed E-state index contributed by atoms with van der Waals surface area (Å²) in [4.78, 5) is 25.9. The van der Waals surface area contributed by atoms with Crippen LogP contribution in [0.2, 0.25) is 0 Å². The van der Waals surface area contributed by atoms with E-state index in [4.69, 9.17) is 8.83 Å². The molecule has 0 fully saturated rings. The number of rotatable bonds is 3. The normalized spacial score (nSPS) is 11.3. The molecule has 40 heavy (non-hydrogen) atoms. The first-order chi connectivity index (χ1) is 19.1. The molecule has 6 N–H and O–H groups in total. The van der Waals surface area contributed by atoms with Gasteiger partial charge in [0.1, 0.15) is 39.6 Å². The Morgan fingerprint density at radius 2 is 1.23 bits per heavy atom. The number of hydrogen-bond acceptors (Lipinski definition) is 10. The van der Waals surface area contributed by atoms with Gasteiger partial charge in [0.05, 0.1) is 10.9 Å². The van der Waals surface area contributed by atoms with E-state index in [0.29, 0.717) is 5.39 Å². The van der Waals surface area contributed by atoms with Crippen molar-refractivity contribution in [2.75, 3.05) is 0 Å². The number of aromatic hydroxyl groups is 6. The Labute approximate surface area is 223 Å². The van der Waals surface area contributed by atoms with Crippen LogP contribution < -0.4 is 10.9 Å². The summed E-state index contributed by atoms with van der Waals surface area (Å²) in [6.45, 7) is 0. The lowest BCUT2D eigenvalue weighted by Crippen LogP contribution is -2.03. The van der Waals surface area contributed by atoms with Crippen LogP contribution in [0.1, 0.15) is 0 Å². The number of para-hydroxylation sites is 1. The molecule has 0 saturated heterocycles. The monoisotopic (exact) mass is 538 g/mol. The van der Waals surface area contributed by atoms with E-state index in [-0.39, 0.29) is 50.5 Å². The van der Waals surface area contributed by atoms with Gasteiger partial charge in [-0.1, -0.05) is 12.1 Å². The first-order valence-electron chi connectivity index (χ1n) is 11.8. The molecule has 0 bridgehead atoms. The lowest BCUT2D eigenvalue weighted by atomic mass is 9.93.